The van der Waals surface area contributed by atoms with Crippen LogP contribution in [0, 0.1) is 0 Å². The molecule has 0 bridgehead atoms. The molecule has 11 heavy (non-hydrogen) atoms. The maximum absolute atomic E-state index is 8.89. The van der Waals surface area contributed by atoms with Crippen molar-refractivity contribution in [1.29, 1.82) is 0 Å². The molecule has 68 valence electrons. The Hall–Kier alpha value is 0.460. The molecular weight excluding hydrogens is 191 g/mol. The van der Waals surface area contributed by atoms with Gasteiger partial charge in [0.05, 0.1) is 24.7 Å². The quantitative estimate of drug-likeness (QED) is 0.641. The average molecular weight is 203 g/mol. The number of alkyl halides is 2. The summed E-state index contributed by atoms with van der Waals surface area (Å²) in [5.41, 5.74) is -0.784. The highest BCUT2D eigenvalue weighted by molar-refractivity contribution is 6.20. The fourth-order valence-electron chi connectivity index (χ4n) is 0.387. The summed E-state index contributed by atoms with van der Waals surface area (Å²) in [5, 5.41) is 17.7. The van der Waals surface area contributed by atoms with E-state index in [2.05, 4.69) is 0 Å². The predicted octanol–water partition coefficient (Wildman–Crippen LogP) is 0.548. The van der Waals surface area contributed by atoms with Crippen molar-refractivity contribution in [2.75, 3.05) is 12.5 Å². The molecule has 0 fully saturated rings. The zero-order valence-electron chi connectivity index (χ0n) is 6.20. The molecule has 3 nitrogen and oxygen atoms in total. The van der Waals surface area contributed by atoms with E-state index < -0.39 is 17.8 Å². The number of hydrogen-bond acceptors (Lipinski definition) is 3. The van der Waals surface area contributed by atoms with E-state index in [9.17, 15) is 0 Å². The van der Waals surface area contributed by atoms with E-state index in [0.29, 0.717) is 0 Å². The van der Waals surface area contributed by atoms with Gasteiger partial charge < -0.3 is 14.9 Å². The van der Waals surface area contributed by atoms with Crippen LogP contribution in [0.5, 0.6) is 0 Å². The van der Waals surface area contributed by atoms with E-state index in [1.165, 1.54) is 6.92 Å². The van der Waals surface area contributed by atoms with Gasteiger partial charge in [-0.05, 0) is 6.92 Å². The molecule has 0 heterocycles. The van der Waals surface area contributed by atoms with Crippen molar-refractivity contribution in [3.8, 4) is 0 Å². The zero-order chi connectivity index (χ0) is 8.85. The molecule has 0 radical (unpaired) electrons. The van der Waals surface area contributed by atoms with Crippen LogP contribution in [0.1, 0.15) is 6.92 Å². The van der Waals surface area contributed by atoms with Crippen LogP contribution in [-0.2, 0) is 4.74 Å². The molecule has 0 spiro atoms. The van der Waals surface area contributed by atoms with Gasteiger partial charge in [0.15, 0.2) is 5.56 Å². The molecule has 0 aliphatic heterocycles. The van der Waals surface area contributed by atoms with Crippen LogP contribution in [0.25, 0.3) is 0 Å². The molecular formula is C6H12Cl2O3. The lowest BCUT2D eigenvalue weighted by molar-refractivity contribution is -0.0168. The Morgan fingerprint density at radius 2 is 2.00 bits per heavy atom. The maximum Gasteiger partial charge on any atom is 0.156 e. The molecule has 3 atom stereocenters. The lowest BCUT2D eigenvalue weighted by Crippen LogP contribution is -2.26. The van der Waals surface area contributed by atoms with Crippen LogP contribution in [0.2, 0.25) is 0 Å². The second-order valence-corrected chi connectivity index (χ2v) is 2.97. The minimum atomic E-state index is -0.784. The lowest BCUT2D eigenvalue weighted by atomic mass is 10.4. The van der Waals surface area contributed by atoms with Crippen molar-refractivity contribution < 1.29 is 14.9 Å². The fourth-order valence-corrected chi connectivity index (χ4v) is 0.549. The molecule has 3 unspecified atom stereocenters. The first-order valence-corrected chi connectivity index (χ1v) is 4.22. The third kappa shape index (κ3) is 5.70. The first-order chi connectivity index (χ1) is 5.07. The summed E-state index contributed by atoms with van der Waals surface area (Å²) in [7, 11) is 0. The second kappa shape index (κ2) is 6.03. The number of hydrogen-bond donors (Lipinski definition) is 2. The Bertz CT molecular complexity index is 99.8. The molecule has 0 amide bonds. The SMILES string of the molecule is CC(O)C(Cl)OCC(O)CCl. The van der Waals surface area contributed by atoms with Gasteiger partial charge in [0.1, 0.15) is 0 Å². The van der Waals surface area contributed by atoms with Gasteiger partial charge >= 0.3 is 0 Å². The van der Waals surface area contributed by atoms with Gasteiger partial charge in [-0.2, -0.15) is 0 Å². The Morgan fingerprint density at radius 3 is 2.36 bits per heavy atom. The number of aliphatic hydroxyl groups excluding tert-OH is 2. The largest absolute Gasteiger partial charge is 0.389 e. The summed E-state index contributed by atoms with van der Waals surface area (Å²) < 4.78 is 4.84. The summed E-state index contributed by atoms with van der Waals surface area (Å²) in [4.78, 5) is 0. The van der Waals surface area contributed by atoms with Gasteiger partial charge in [0.25, 0.3) is 0 Å². The van der Waals surface area contributed by atoms with E-state index >= 15 is 0 Å². The van der Waals surface area contributed by atoms with Crippen molar-refractivity contribution in [3.05, 3.63) is 0 Å². The van der Waals surface area contributed by atoms with Gasteiger partial charge in [-0.3, -0.25) is 0 Å². The van der Waals surface area contributed by atoms with Crippen LogP contribution >= 0.6 is 23.2 Å². The van der Waals surface area contributed by atoms with Crippen LogP contribution in [0.3, 0.4) is 0 Å². The van der Waals surface area contributed by atoms with Gasteiger partial charge in [0.2, 0.25) is 0 Å². The van der Waals surface area contributed by atoms with Gasteiger partial charge in [-0.25, -0.2) is 0 Å². The number of ether oxygens (including phenoxy) is 1. The minimum Gasteiger partial charge on any atom is -0.389 e. The van der Waals surface area contributed by atoms with Crippen molar-refractivity contribution >= 4 is 23.2 Å². The fraction of sp³-hybridized carbons (Fsp3) is 1.00. The van der Waals surface area contributed by atoms with Gasteiger partial charge in [0, 0.05) is 0 Å². The van der Waals surface area contributed by atoms with E-state index in [1.54, 1.807) is 0 Å². The normalized spacial score (nSPS) is 19.4. The topological polar surface area (TPSA) is 49.7 Å². The van der Waals surface area contributed by atoms with Crippen LogP contribution < -0.4 is 0 Å². The highest BCUT2D eigenvalue weighted by Crippen LogP contribution is 2.04. The van der Waals surface area contributed by atoms with Gasteiger partial charge in [-0.1, -0.05) is 11.6 Å². The second-order valence-electron chi connectivity index (χ2n) is 2.23. The molecule has 5 heteroatoms. The van der Waals surface area contributed by atoms with Crippen LogP contribution in [0.15, 0.2) is 0 Å². The molecule has 0 aromatic carbocycles. The predicted molar refractivity (Wildman–Crippen MR) is 44.0 cm³/mol. The van der Waals surface area contributed by atoms with Crippen molar-refractivity contribution in [1.82, 2.24) is 0 Å². The Labute approximate surface area is 75.9 Å². The monoisotopic (exact) mass is 202 g/mol. The molecule has 2 N–H and O–H groups in total. The Balaban J connectivity index is 3.37. The molecule has 0 saturated carbocycles. The maximum atomic E-state index is 8.89. The summed E-state index contributed by atoms with van der Waals surface area (Å²) >= 11 is 10.8. The molecule has 0 aliphatic carbocycles. The first-order valence-electron chi connectivity index (χ1n) is 3.25. The molecule has 0 aromatic rings. The first kappa shape index (κ1) is 11.5. The number of halogens is 2. The molecule has 0 aromatic heterocycles. The van der Waals surface area contributed by atoms with Crippen molar-refractivity contribution in [3.63, 3.8) is 0 Å². The number of aliphatic hydroxyl groups is 2. The van der Waals surface area contributed by atoms with E-state index in [-0.39, 0.29) is 12.5 Å². The molecule has 0 aliphatic rings. The number of rotatable bonds is 5. The summed E-state index contributed by atoms with van der Waals surface area (Å²) in [6.45, 7) is 1.55. The van der Waals surface area contributed by atoms with E-state index in [0.717, 1.165) is 0 Å². The smallest absolute Gasteiger partial charge is 0.156 e. The van der Waals surface area contributed by atoms with Crippen molar-refractivity contribution in [2.24, 2.45) is 0 Å². The van der Waals surface area contributed by atoms with Gasteiger partial charge in [-0.15, -0.1) is 11.6 Å². The average Bonchev–Trinajstić information content (AvgIpc) is 1.99. The van der Waals surface area contributed by atoms with Crippen LogP contribution in [0.4, 0.5) is 0 Å². The van der Waals surface area contributed by atoms with Crippen LogP contribution in [-0.4, -0.2) is 40.5 Å². The summed E-state index contributed by atoms with van der Waals surface area (Å²) in [5.74, 6) is 0.101. The minimum absolute atomic E-state index is 0.0442. The molecule has 0 rings (SSSR count). The molecule has 0 saturated heterocycles. The van der Waals surface area contributed by atoms with E-state index in [1.807, 2.05) is 0 Å². The van der Waals surface area contributed by atoms with Crippen molar-refractivity contribution in [2.45, 2.75) is 24.7 Å². The Kier molecular flexibility index (Phi) is 6.28. The third-order valence-electron chi connectivity index (χ3n) is 1.01. The van der Waals surface area contributed by atoms with E-state index in [4.69, 9.17) is 38.2 Å². The standard InChI is InChI=1S/C6H12Cl2O3/c1-4(9)6(8)11-3-5(10)2-7/h4-6,9-10H,2-3H2,1H3. The highest BCUT2D eigenvalue weighted by Gasteiger charge is 2.13. The zero-order valence-corrected chi connectivity index (χ0v) is 7.72. The summed E-state index contributed by atoms with van der Waals surface area (Å²) in [6, 6.07) is 0. The summed E-state index contributed by atoms with van der Waals surface area (Å²) in [6.07, 6.45) is -1.48. The third-order valence-corrected chi connectivity index (χ3v) is 1.85. The lowest BCUT2D eigenvalue weighted by Gasteiger charge is -2.15. The Morgan fingerprint density at radius 1 is 1.45 bits per heavy atom. The highest BCUT2D eigenvalue weighted by atomic mass is 35.5.